The number of carbonyl (C=O) groups is 1. The van der Waals surface area contributed by atoms with Crippen molar-refractivity contribution in [3.05, 3.63) is 47.2 Å². The van der Waals surface area contributed by atoms with E-state index < -0.39 is 0 Å². The molecule has 0 atom stereocenters. The number of nitrogens with one attached hydrogen (secondary N) is 1. The molecular weight excluding hydrogens is 320 g/mol. The number of H-pyrrole nitrogens is 1. The first-order chi connectivity index (χ1) is 12.0. The summed E-state index contributed by atoms with van der Waals surface area (Å²) >= 11 is 0. The monoisotopic (exact) mass is 340 g/mol. The molecule has 0 fully saturated rings. The van der Waals surface area contributed by atoms with Gasteiger partial charge in [-0.2, -0.15) is 0 Å². The van der Waals surface area contributed by atoms with Gasteiger partial charge in [0.1, 0.15) is 0 Å². The van der Waals surface area contributed by atoms with E-state index in [9.17, 15) is 4.79 Å². The van der Waals surface area contributed by atoms with Gasteiger partial charge in [-0.25, -0.2) is 0 Å². The SMILES string of the molecule is COc1cc(C(=O)c2c[nH]c3ccc(C)cc23)c(N)c(OC)c1OC. The van der Waals surface area contributed by atoms with E-state index in [-0.39, 0.29) is 17.2 Å². The first-order valence-corrected chi connectivity index (χ1v) is 7.72. The van der Waals surface area contributed by atoms with Crippen molar-refractivity contribution in [3.63, 3.8) is 0 Å². The second-order valence-electron chi connectivity index (χ2n) is 5.69. The van der Waals surface area contributed by atoms with Crippen LogP contribution in [0.5, 0.6) is 17.2 Å². The zero-order valence-corrected chi connectivity index (χ0v) is 14.6. The molecule has 0 saturated carbocycles. The Labute approximate surface area is 145 Å². The molecule has 1 aromatic heterocycles. The van der Waals surface area contributed by atoms with Gasteiger partial charge >= 0.3 is 0 Å². The van der Waals surface area contributed by atoms with Crippen LogP contribution in [0.1, 0.15) is 21.5 Å². The van der Waals surface area contributed by atoms with Crippen molar-refractivity contribution in [2.24, 2.45) is 0 Å². The van der Waals surface area contributed by atoms with Gasteiger partial charge in [-0.3, -0.25) is 4.79 Å². The first kappa shape index (κ1) is 16.7. The standard InChI is InChI=1S/C19H20N2O4/c1-10-5-6-14-11(7-10)13(9-21-14)17(22)12-8-15(23-2)18(24-3)19(25-4)16(12)20/h5-9,21H,20H2,1-4H3. The molecule has 3 N–H and O–H groups in total. The maximum atomic E-state index is 13.1. The number of ketones is 1. The molecule has 1 heterocycles. The summed E-state index contributed by atoms with van der Waals surface area (Å²) in [5.41, 5.74) is 9.20. The quantitative estimate of drug-likeness (QED) is 0.550. The fourth-order valence-electron chi connectivity index (χ4n) is 2.93. The topological polar surface area (TPSA) is 86.6 Å². The molecule has 0 unspecified atom stereocenters. The highest BCUT2D eigenvalue weighted by Gasteiger charge is 2.24. The third-order valence-corrected chi connectivity index (χ3v) is 4.19. The Kier molecular flexibility index (Phi) is 4.27. The maximum absolute atomic E-state index is 13.1. The lowest BCUT2D eigenvalue weighted by Crippen LogP contribution is -2.08. The lowest BCUT2D eigenvalue weighted by molar-refractivity contribution is 0.104. The van der Waals surface area contributed by atoms with Gasteiger partial charge in [-0.1, -0.05) is 11.6 Å². The van der Waals surface area contributed by atoms with Crippen LogP contribution in [0.2, 0.25) is 0 Å². The average Bonchev–Trinajstić information content (AvgIpc) is 3.03. The highest BCUT2D eigenvalue weighted by molar-refractivity contribution is 6.19. The van der Waals surface area contributed by atoms with Crippen molar-refractivity contribution in [1.29, 1.82) is 0 Å². The number of benzene rings is 2. The van der Waals surface area contributed by atoms with Crippen molar-refractivity contribution in [2.75, 3.05) is 27.1 Å². The molecule has 3 rings (SSSR count). The minimum Gasteiger partial charge on any atom is -0.493 e. The largest absolute Gasteiger partial charge is 0.493 e. The van der Waals surface area contributed by atoms with Gasteiger partial charge in [0.25, 0.3) is 0 Å². The van der Waals surface area contributed by atoms with Crippen LogP contribution < -0.4 is 19.9 Å². The Morgan fingerprint density at radius 1 is 1.00 bits per heavy atom. The molecule has 0 bridgehead atoms. The van der Waals surface area contributed by atoms with Crippen molar-refractivity contribution in [2.45, 2.75) is 6.92 Å². The Balaban J connectivity index is 2.21. The molecule has 130 valence electrons. The number of ether oxygens (including phenoxy) is 3. The molecule has 6 heteroatoms. The van der Waals surface area contributed by atoms with Gasteiger partial charge in [0.2, 0.25) is 5.75 Å². The highest BCUT2D eigenvalue weighted by Crippen LogP contribution is 2.44. The predicted octanol–water partition coefficient (Wildman–Crippen LogP) is 3.32. The third kappa shape index (κ3) is 2.65. The van der Waals surface area contributed by atoms with Gasteiger partial charge in [-0.15, -0.1) is 0 Å². The number of nitrogens with two attached hydrogens (primary N) is 1. The number of nitrogen functional groups attached to an aromatic ring is 1. The number of aromatic nitrogens is 1. The van der Waals surface area contributed by atoms with Crippen LogP contribution in [0.4, 0.5) is 5.69 Å². The predicted molar refractivity (Wildman–Crippen MR) is 97.0 cm³/mol. The van der Waals surface area contributed by atoms with E-state index in [1.54, 1.807) is 12.3 Å². The summed E-state index contributed by atoms with van der Waals surface area (Å²) < 4.78 is 16.0. The number of aromatic amines is 1. The summed E-state index contributed by atoms with van der Waals surface area (Å²) in [6, 6.07) is 7.47. The molecule has 0 aliphatic carbocycles. The number of hydrogen-bond acceptors (Lipinski definition) is 5. The Hall–Kier alpha value is -3.15. The second kappa shape index (κ2) is 6.39. The van der Waals surface area contributed by atoms with Gasteiger partial charge in [-0.05, 0) is 25.1 Å². The molecule has 0 aliphatic rings. The molecule has 0 amide bonds. The molecule has 0 aliphatic heterocycles. The minimum atomic E-state index is -0.214. The molecular formula is C19H20N2O4. The number of methoxy groups -OCH3 is 3. The van der Waals surface area contributed by atoms with Crippen LogP contribution in [0.25, 0.3) is 10.9 Å². The fraction of sp³-hybridized carbons (Fsp3) is 0.211. The molecule has 2 aromatic carbocycles. The number of carbonyl (C=O) groups excluding carboxylic acids is 1. The molecule has 0 radical (unpaired) electrons. The normalized spacial score (nSPS) is 10.7. The summed E-state index contributed by atoms with van der Waals surface area (Å²) in [5, 5.41) is 0.846. The second-order valence-corrected chi connectivity index (χ2v) is 5.69. The van der Waals surface area contributed by atoms with E-state index in [1.165, 1.54) is 21.3 Å². The zero-order chi connectivity index (χ0) is 18.1. The fourth-order valence-corrected chi connectivity index (χ4v) is 2.93. The van der Waals surface area contributed by atoms with Crippen LogP contribution in [0, 0.1) is 6.92 Å². The summed E-state index contributed by atoms with van der Waals surface area (Å²) in [4.78, 5) is 16.3. The first-order valence-electron chi connectivity index (χ1n) is 7.72. The zero-order valence-electron chi connectivity index (χ0n) is 14.6. The van der Waals surface area contributed by atoms with Crippen LogP contribution in [0.3, 0.4) is 0 Å². The third-order valence-electron chi connectivity index (χ3n) is 4.19. The molecule has 3 aromatic rings. The highest BCUT2D eigenvalue weighted by atomic mass is 16.5. The molecule has 0 saturated heterocycles. The van der Waals surface area contributed by atoms with Crippen LogP contribution >= 0.6 is 0 Å². The number of anilines is 1. The van der Waals surface area contributed by atoms with E-state index >= 15 is 0 Å². The summed E-state index contributed by atoms with van der Waals surface area (Å²) in [7, 11) is 4.46. The summed E-state index contributed by atoms with van der Waals surface area (Å²) in [6.45, 7) is 1.98. The van der Waals surface area contributed by atoms with Gasteiger partial charge in [0, 0.05) is 22.7 Å². The van der Waals surface area contributed by atoms with Crippen LogP contribution in [0.15, 0.2) is 30.5 Å². The molecule has 0 spiro atoms. The van der Waals surface area contributed by atoms with Gasteiger partial charge in [0.15, 0.2) is 17.3 Å². The lowest BCUT2D eigenvalue weighted by atomic mass is 9.99. The average molecular weight is 340 g/mol. The van der Waals surface area contributed by atoms with Crippen molar-refractivity contribution in [3.8, 4) is 17.2 Å². The number of aryl methyl sites for hydroxylation is 1. The van der Waals surface area contributed by atoms with Gasteiger partial charge in [0.05, 0.1) is 32.6 Å². The van der Waals surface area contributed by atoms with E-state index in [4.69, 9.17) is 19.9 Å². The molecule has 25 heavy (non-hydrogen) atoms. The van der Waals surface area contributed by atoms with E-state index in [1.807, 2.05) is 25.1 Å². The number of fused-ring (bicyclic) bond motifs is 1. The summed E-state index contributed by atoms with van der Waals surface area (Å²) in [5.74, 6) is 0.802. The van der Waals surface area contributed by atoms with E-state index in [0.29, 0.717) is 22.6 Å². The van der Waals surface area contributed by atoms with E-state index in [2.05, 4.69) is 4.98 Å². The maximum Gasteiger partial charge on any atom is 0.205 e. The Morgan fingerprint density at radius 2 is 1.72 bits per heavy atom. The van der Waals surface area contributed by atoms with Crippen LogP contribution in [-0.2, 0) is 0 Å². The van der Waals surface area contributed by atoms with Gasteiger partial charge < -0.3 is 24.9 Å². The van der Waals surface area contributed by atoms with Crippen molar-refractivity contribution >= 4 is 22.4 Å². The lowest BCUT2D eigenvalue weighted by Gasteiger charge is -2.16. The number of rotatable bonds is 5. The summed E-state index contributed by atoms with van der Waals surface area (Å²) in [6.07, 6.45) is 1.69. The minimum absolute atomic E-state index is 0.214. The van der Waals surface area contributed by atoms with Crippen LogP contribution in [-0.4, -0.2) is 32.1 Å². The van der Waals surface area contributed by atoms with Crippen molar-refractivity contribution < 1.29 is 19.0 Å². The smallest absolute Gasteiger partial charge is 0.205 e. The molecule has 6 nitrogen and oxygen atoms in total. The number of hydrogen-bond donors (Lipinski definition) is 2. The van der Waals surface area contributed by atoms with Crippen molar-refractivity contribution in [1.82, 2.24) is 4.98 Å². The Morgan fingerprint density at radius 3 is 2.36 bits per heavy atom. The Bertz CT molecular complexity index is 960. The van der Waals surface area contributed by atoms with E-state index in [0.717, 1.165) is 16.5 Å².